The van der Waals surface area contributed by atoms with Gasteiger partial charge in [-0.3, -0.25) is 4.79 Å². The quantitative estimate of drug-likeness (QED) is 0.249. The molecule has 0 saturated heterocycles. The number of nitrogens with zero attached hydrogens (tertiary/aromatic N) is 1. The molecule has 0 aliphatic rings. The average Bonchev–Trinajstić information content (AvgIpc) is 2.56. The molecular formula is C19H27Cl2NOS. The Hall–Kier alpha value is -0.640. The van der Waals surface area contributed by atoms with E-state index in [9.17, 15) is 4.79 Å². The van der Waals surface area contributed by atoms with Gasteiger partial charge in [0, 0.05) is 24.1 Å². The molecule has 0 radical (unpaired) electrons. The Kier molecular flexibility index (Phi) is 10.6. The van der Waals surface area contributed by atoms with Gasteiger partial charge in [0.2, 0.25) is 5.91 Å². The molecule has 24 heavy (non-hydrogen) atoms. The van der Waals surface area contributed by atoms with Crippen molar-refractivity contribution in [1.29, 1.82) is 0 Å². The van der Waals surface area contributed by atoms with Gasteiger partial charge in [-0.15, -0.1) is 0 Å². The van der Waals surface area contributed by atoms with E-state index in [1.54, 1.807) is 6.08 Å². The molecule has 0 saturated carbocycles. The number of carbonyl (C=O) groups excluding carboxylic acids is 1. The maximum Gasteiger partial charge on any atom is 0.247 e. The van der Waals surface area contributed by atoms with E-state index < -0.39 is 0 Å². The van der Waals surface area contributed by atoms with E-state index in [0.717, 1.165) is 22.6 Å². The van der Waals surface area contributed by atoms with Crippen LogP contribution in [0.1, 0.15) is 52.9 Å². The highest BCUT2D eigenvalue weighted by Crippen LogP contribution is 2.39. The van der Waals surface area contributed by atoms with E-state index >= 15 is 0 Å². The summed E-state index contributed by atoms with van der Waals surface area (Å²) in [6.45, 7) is 7.61. The third-order valence-corrected chi connectivity index (χ3v) is 5.87. The van der Waals surface area contributed by atoms with Gasteiger partial charge in [0.25, 0.3) is 0 Å². The third-order valence-electron chi connectivity index (χ3n) is 3.79. The fraction of sp³-hybridized carbons (Fsp3) is 0.526. The molecule has 0 bridgehead atoms. The smallest absolute Gasteiger partial charge is 0.247 e. The van der Waals surface area contributed by atoms with E-state index in [1.165, 1.54) is 31.0 Å². The molecule has 1 aromatic carbocycles. The van der Waals surface area contributed by atoms with E-state index in [4.69, 9.17) is 23.2 Å². The largest absolute Gasteiger partial charge is 0.340 e. The van der Waals surface area contributed by atoms with E-state index in [1.807, 2.05) is 36.9 Å². The van der Waals surface area contributed by atoms with Crippen molar-refractivity contribution in [3.8, 4) is 0 Å². The van der Waals surface area contributed by atoms with Crippen LogP contribution in [0.5, 0.6) is 0 Å². The van der Waals surface area contributed by atoms with Crippen LogP contribution in [-0.4, -0.2) is 23.9 Å². The summed E-state index contributed by atoms with van der Waals surface area (Å²) < 4.78 is 0. The van der Waals surface area contributed by atoms with Crippen LogP contribution in [0.3, 0.4) is 0 Å². The Morgan fingerprint density at radius 3 is 2.25 bits per heavy atom. The number of unbranched alkanes of at least 4 members (excludes halogenated alkanes) is 3. The molecular weight excluding hydrogens is 361 g/mol. The standard InChI is InChI=1S/C19H27Cl2NOS/c1-4-7-8-9-11-15(14-18(23)22(5-2)6-3)24-19-16(20)12-10-13-17(19)21/h10,12-14H,4-9,11H2,1-3H3/b15-14+. The predicted molar refractivity (Wildman–Crippen MR) is 107 cm³/mol. The van der Waals surface area contributed by atoms with Gasteiger partial charge in [-0.25, -0.2) is 0 Å². The number of thioether (sulfide) groups is 1. The Morgan fingerprint density at radius 1 is 1.08 bits per heavy atom. The molecule has 0 unspecified atom stereocenters. The number of halogens is 2. The Morgan fingerprint density at radius 2 is 1.71 bits per heavy atom. The Bertz CT molecular complexity index is 536. The number of likely N-dealkylation sites (N-methyl/N-ethyl adjacent to an activating group) is 1. The van der Waals surface area contributed by atoms with Crippen molar-refractivity contribution >= 4 is 40.9 Å². The van der Waals surface area contributed by atoms with Gasteiger partial charge in [-0.1, -0.05) is 67.2 Å². The Labute approximate surface area is 160 Å². The van der Waals surface area contributed by atoms with Crippen molar-refractivity contribution in [3.05, 3.63) is 39.2 Å². The zero-order valence-electron chi connectivity index (χ0n) is 14.8. The fourth-order valence-corrected chi connectivity index (χ4v) is 3.98. The number of hydrogen-bond acceptors (Lipinski definition) is 2. The van der Waals surface area contributed by atoms with E-state index in [0.29, 0.717) is 23.1 Å². The van der Waals surface area contributed by atoms with Gasteiger partial charge in [-0.05, 0) is 43.7 Å². The van der Waals surface area contributed by atoms with Crippen molar-refractivity contribution in [2.45, 2.75) is 57.8 Å². The lowest BCUT2D eigenvalue weighted by atomic mass is 10.1. The number of benzene rings is 1. The van der Waals surface area contributed by atoms with Gasteiger partial charge < -0.3 is 4.90 Å². The summed E-state index contributed by atoms with van der Waals surface area (Å²) in [4.78, 5) is 16.1. The second kappa shape index (κ2) is 11.8. The van der Waals surface area contributed by atoms with Crippen molar-refractivity contribution in [2.75, 3.05) is 13.1 Å². The summed E-state index contributed by atoms with van der Waals surface area (Å²) in [6, 6.07) is 5.49. The van der Waals surface area contributed by atoms with Crippen LogP contribution in [0.2, 0.25) is 10.0 Å². The van der Waals surface area contributed by atoms with E-state index in [-0.39, 0.29) is 5.91 Å². The van der Waals surface area contributed by atoms with Crippen molar-refractivity contribution in [3.63, 3.8) is 0 Å². The zero-order chi connectivity index (χ0) is 17.9. The van der Waals surface area contributed by atoms with Crippen LogP contribution in [-0.2, 0) is 4.79 Å². The molecule has 0 fully saturated rings. The molecule has 0 aliphatic heterocycles. The lowest BCUT2D eigenvalue weighted by Crippen LogP contribution is -2.28. The first kappa shape index (κ1) is 21.4. The first-order valence-corrected chi connectivity index (χ1v) is 10.2. The number of amides is 1. The maximum absolute atomic E-state index is 12.4. The first-order valence-electron chi connectivity index (χ1n) is 8.64. The van der Waals surface area contributed by atoms with Crippen LogP contribution in [0, 0.1) is 0 Å². The van der Waals surface area contributed by atoms with E-state index in [2.05, 4.69) is 6.92 Å². The van der Waals surface area contributed by atoms with Crippen molar-refractivity contribution in [2.24, 2.45) is 0 Å². The monoisotopic (exact) mass is 387 g/mol. The summed E-state index contributed by atoms with van der Waals surface area (Å²) in [5.41, 5.74) is 0. The van der Waals surface area contributed by atoms with Crippen LogP contribution < -0.4 is 0 Å². The molecule has 1 rings (SSSR count). The van der Waals surface area contributed by atoms with Crippen LogP contribution in [0.25, 0.3) is 0 Å². The minimum absolute atomic E-state index is 0.0566. The average molecular weight is 388 g/mol. The highest BCUT2D eigenvalue weighted by atomic mass is 35.5. The summed E-state index contributed by atoms with van der Waals surface area (Å²) in [5.74, 6) is 0.0566. The van der Waals surface area contributed by atoms with Crippen molar-refractivity contribution in [1.82, 2.24) is 4.90 Å². The normalized spacial score (nSPS) is 11.6. The van der Waals surface area contributed by atoms with Gasteiger partial charge in [0.1, 0.15) is 0 Å². The molecule has 0 atom stereocenters. The first-order chi connectivity index (χ1) is 11.5. The lowest BCUT2D eigenvalue weighted by molar-refractivity contribution is -0.125. The number of allylic oxidation sites excluding steroid dienone is 1. The minimum Gasteiger partial charge on any atom is -0.340 e. The zero-order valence-corrected chi connectivity index (χ0v) is 17.1. The molecule has 134 valence electrons. The number of hydrogen-bond donors (Lipinski definition) is 0. The van der Waals surface area contributed by atoms with Crippen molar-refractivity contribution < 1.29 is 4.79 Å². The molecule has 0 heterocycles. The van der Waals surface area contributed by atoms with Gasteiger partial charge in [-0.2, -0.15) is 0 Å². The van der Waals surface area contributed by atoms with Gasteiger partial charge in [0.15, 0.2) is 0 Å². The fourth-order valence-electron chi connectivity index (χ4n) is 2.35. The number of rotatable bonds is 10. The highest BCUT2D eigenvalue weighted by Gasteiger charge is 2.13. The lowest BCUT2D eigenvalue weighted by Gasteiger charge is -2.17. The van der Waals surface area contributed by atoms with Crippen LogP contribution >= 0.6 is 35.0 Å². The second-order valence-electron chi connectivity index (χ2n) is 5.58. The molecule has 0 aromatic heterocycles. The molecule has 5 heteroatoms. The topological polar surface area (TPSA) is 20.3 Å². The minimum atomic E-state index is 0.0566. The molecule has 0 N–H and O–H groups in total. The van der Waals surface area contributed by atoms with Crippen LogP contribution in [0.4, 0.5) is 0 Å². The van der Waals surface area contributed by atoms with Gasteiger partial charge >= 0.3 is 0 Å². The molecule has 2 nitrogen and oxygen atoms in total. The third kappa shape index (κ3) is 7.08. The molecule has 1 aromatic rings. The summed E-state index contributed by atoms with van der Waals surface area (Å²) in [7, 11) is 0. The second-order valence-corrected chi connectivity index (χ2v) is 7.54. The summed E-state index contributed by atoms with van der Waals surface area (Å²) in [6.07, 6.45) is 7.28. The molecule has 0 spiro atoms. The maximum atomic E-state index is 12.4. The summed E-state index contributed by atoms with van der Waals surface area (Å²) in [5, 5.41) is 1.25. The van der Waals surface area contributed by atoms with Gasteiger partial charge in [0.05, 0.1) is 10.0 Å². The highest BCUT2D eigenvalue weighted by molar-refractivity contribution is 8.03. The van der Waals surface area contributed by atoms with Crippen LogP contribution in [0.15, 0.2) is 34.1 Å². The number of carbonyl (C=O) groups is 1. The molecule has 0 aliphatic carbocycles. The Balaban J connectivity index is 2.94. The SMILES string of the molecule is CCCCCC/C(=C\C(=O)N(CC)CC)Sc1c(Cl)cccc1Cl. The molecule has 1 amide bonds. The predicted octanol–water partition coefficient (Wildman–Crippen LogP) is 6.81. The summed E-state index contributed by atoms with van der Waals surface area (Å²) >= 11 is 14.1.